The van der Waals surface area contributed by atoms with Gasteiger partial charge in [-0.1, -0.05) is 12.1 Å². The number of nitrogens with one attached hydrogen (secondary N) is 1. The Hall–Kier alpha value is -1.55. The number of methoxy groups -OCH3 is 2. The minimum Gasteiger partial charge on any atom is -0.493 e. The first-order valence-electron chi connectivity index (χ1n) is 5.25. The fourth-order valence-corrected chi connectivity index (χ4v) is 2.02. The molecule has 1 aromatic carbocycles. The third kappa shape index (κ3) is 1.76. The molecule has 0 bridgehead atoms. The summed E-state index contributed by atoms with van der Waals surface area (Å²) in [5.41, 5.74) is 0.851. The fourth-order valence-electron chi connectivity index (χ4n) is 2.02. The minimum absolute atomic E-state index is 0.201. The Labute approximate surface area is 94.6 Å². The molecular weight excluding hydrogens is 206 g/mol. The molecule has 0 aliphatic carbocycles. The van der Waals surface area contributed by atoms with Crippen LogP contribution in [0.3, 0.4) is 0 Å². The monoisotopic (exact) mass is 221 g/mol. The maximum Gasteiger partial charge on any atom is 0.165 e. The van der Waals surface area contributed by atoms with E-state index in [1.54, 1.807) is 14.2 Å². The summed E-state index contributed by atoms with van der Waals surface area (Å²) in [6, 6.07) is 5.32. The van der Waals surface area contributed by atoms with Crippen molar-refractivity contribution in [2.75, 3.05) is 20.8 Å². The molecule has 1 heterocycles. The third-order valence-electron chi connectivity index (χ3n) is 2.79. The number of carbonyl (C=O) groups is 1. The maximum atomic E-state index is 11.7. The molecule has 0 amide bonds. The number of hydrogen-bond donors (Lipinski definition) is 1. The van der Waals surface area contributed by atoms with Gasteiger partial charge < -0.3 is 14.8 Å². The van der Waals surface area contributed by atoms with Gasteiger partial charge in [-0.15, -0.1) is 0 Å². The quantitative estimate of drug-likeness (QED) is 0.836. The van der Waals surface area contributed by atoms with E-state index in [4.69, 9.17) is 9.47 Å². The molecule has 0 spiro atoms. The lowest BCUT2D eigenvalue weighted by Gasteiger charge is -2.16. The van der Waals surface area contributed by atoms with Gasteiger partial charge in [0.15, 0.2) is 17.3 Å². The zero-order valence-corrected chi connectivity index (χ0v) is 9.45. The van der Waals surface area contributed by atoms with E-state index in [-0.39, 0.29) is 11.8 Å². The van der Waals surface area contributed by atoms with Crippen LogP contribution < -0.4 is 14.8 Å². The number of para-hydroxylation sites is 1. The van der Waals surface area contributed by atoms with Crippen molar-refractivity contribution in [3.8, 4) is 11.5 Å². The van der Waals surface area contributed by atoms with Gasteiger partial charge in [0.25, 0.3) is 0 Å². The molecule has 2 rings (SSSR count). The predicted molar refractivity (Wildman–Crippen MR) is 59.9 cm³/mol. The Balaban J connectivity index is 2.43. The topological polar surface area (TPSA) is 47.6 Å². The lowest BCUT2D eigenvalue weighted by Crippen LogP contribution is -2.18. The van der Waals surface area contributed by atoms with Crippen LogP contribution >= 0.6 is 0 Å². The Morgan fingerprint density at radius 2 is 2.12 bits per heavy atom. The standard InChI is InChI=1S/C12H15NO3/c1-15-10-5-3-4-8(12(10)16-2)11-9(14)6-7-13-11/h3-5,11,13H,6-7H2,1-2H3. The van der Waals surface area contributed by atoms with Gasteiger partial charge in [0.05, 0.1) is 20.3 Å². The van der Waals surface area contributed by atoms with Gasteiger partial charge in [-0.3, -0.25) is 4.79 Å². The number of hydrogen-bond acceptors (Lipinski definition) is 4. The van der Waals surface area contributed by atoms with Gasteiger partial charge in [-0.25, -0.2) is 0 Å². The van der Waals surface area contributed by atoms with Crippen LogP contribution in [-0.4, -0.2) is 26.5 Å². The summed E-state index contributed by atoms with van der Waals surface area (Å²) in [5, 5.41) is 3.16. The van der Waals surface area contributed by atoms with E-state index in [1.807, 2.05) is 18.2 Å². The van der Waals surface area contributed by atoms with Gasteiger partial charge in [0.1, 0.15) is 0 Å². The molecule has 1 aliphatic rings. The number of benzene rings is 1. The maximum absolute atomic E-state index is 11.7. The molecule has 1 atom stereocenters. The van der Waals surface area contributed by atoms with Crippen LogP contribution in [0.4, 0.5) is 0 Å². The molecule has 0 radical (unpaired) electrons. The highest BCUT2D eigenvalue weighted by Gasteiger charge is 2.28. The average Bonchev–Trinajstić information content (AvgIpc) is 2.74. The zero-order chi connectivity index (χ0) is 11.5. The van der Waals surface area contributed by atoms with E-state index in [0.717, 1.165) is 12.1 Å². The van der Waals surface area contributed by atoms with Crippen LogP contribution in [0, 0.1) is 0 Å². The Morgan fingerprint density at radius 3 is 2.69 bits per heavy atom. The van der Waals surface area contributed by atoms with Crippen molar-refractivity contribution >= 4 is 5.78 Å². The van der Waals surface area contributed by atoms with Crippen molar-refractivity contribution in [3.63, 3.8) is 0 Å². The molecule has 4 nitrogen and oxygen atoms in total. The normalized spacial score (nSPS) is 19.9. The zero-order valence-electron chi connectivity index (χ0n) is 9.45. The van der Waals surface area contributed by atoms with Gasteiger partial charge >= 0.3 is 0 Å². The molecule has 16 heavy (non-hydrogen) atoms. The molecule has 1 saturated heterocycles. The van der Waals surface area contributed by atoms with Gasteiger partial charge in [0.2, 0.25) is 0 Å². The second kappa shape index (κ2) is 4.53. The molecule has 1 aliphatic heterocycles. The fraction of sp³-hybridized carbons (Fsp3) is 0.417. The highest BCUT2D eigenvalue weighted by atomic mass is 16.5. The van der Waals surface area contributed by atoms with Crippen LogP contribution in [0.25, 0.3) is 0 Å². The number of ether oxygens (including phenoxy) is 2. The molecule has 86 valence electrons. The number of ketones is 1. The van der Waals surface area contributed by atoms with Crippen molar-refractivity contribution in [1.82, 2.24) is 5.32 Å². The molecular formula is C12H15NO3. The number of rotatable bonds is 3. The van der Waals surface area contributed by atoms with E-state index in [2.05, 4.69) is 5.32 Å². The summed E-state index contributed by atoms with van der Waals surface area (Å²) >= 11 is 0. The summed E-state index contributed by atoms with van der Waals surface area (Å²) in [5.74, 6) is 1.49. The summed E-state index contributed by atoms with van der Waals surface area (Å²) in [4.78, 5) is 11.7. The predicted octanol–water partition coefficient (Wildman–Crippen LogP) is 1.31. The van der Waals surface area contributed by atoms with Crippen LogP contribution in [0.2, 0.25) is 0 Å². The van der Waals surface area contributed by atoms with Crippen molar-refractivity contribution in [2.45, 2.75) is 12.5 Å². The van der Waals surface area contributed by atoms with Crippen LogP contribution in [0.15, 0.2) is 18.2 Å². The first-order chi connectivity index (χ1) is 7.77. The summed E-state index contributed by atoms with van der Waals surface area (Å²) < 4.78 is 10.5. The van der Waals surface area contributed by atoms with Crippen molar-refractivity contribution in [3.05, 3.63) is 23.8 Å². The number of carbonyl (C=O) groups excluding carboxylic acids is 1. The van der Waals surface area contributed by atoms with Crippen molar-refractivity contribution < 1.29 is 14.3 Å². The lowest BCUT2D eigenvalue weighted by molar-refractivity contribution is -0.118. The largest absolute Gasteiger partial charge is 0.493 e. The van der Waals surface area contributed by atoms with Crippen molar-refractivity contribution in [1.29, 1.82) is 0 Å². The van der Waals surface area contributed by atoms with Crippen LogP contribution in [0.5, 0.6) is 11.5 Å². The highest BCUT2D eigenvalue weighted by molar-refractivity contribution is 5.88. The Kier molecular flexibility index (Phi) is 3.10. The molecule has 0 saturated carbocycles. The molecule has 4 heteroatoms. The Bertz CT molecular complexity index is 403. The van der Waals surface area contributed by atoms with Gasteiger partial charge in [0, 0.05) is 18.5 Å². The summed E-state index contributed by atoms with van der Waals surface area (Å²) in [6.07, 6.45) is 0.574. The molecule has 1 unspecified atom stereocenters. The van der Waals surface area contributed by atoms with E-state index < -0.39 is 0 Å². The SMILES string of the molecule is COc1cccc(C2NCCC2=O)c1OC. The van der Waals surface area contributed by atoms with E-state index >= 15 is 0 Å². The van der Waals surface area contributed by atoms with E-state index in [9.17, 15) is 4.79 Å². The highest BCUT2D eigenvalue weighted by Crippen LogP contribution is 2.36. The van der Waals surface area contributed by atoms with E-state index in [1.165, 1.54) is 0 Å². The minimum atomic E-state index is -0.259. The summed E-state index contributed by atoms with van der Waals surface area (Å²) in [6.45, 7) is 0.726. The molecule has 1 aromatic rings. The van der Waals surface area contributed by atoms with Gasteiger partial charge in [-0.2, -0.15) is 0 Å². The first kappa shape index (κ1) is 11.0. The summed E-state index contributed by atoms with van der Waals surface area (Å²) in [7, 11) is 3.17. The third-order valence-corrected chi connectivity index (χ3v) is 2.79. The number of Topliss-reactive ketones (excluding diaryl/α,β-unsaturated/α-hetero) is 1. The Morgan fingerprint density at radius 1 is 1.31 bits per heavy atom. The molecule has 1 fully saturated rings. The first-order valence-corrected chi connectivity index (χ1v) is 5.25. The average molecular weight is 221 g/mol. The van der Waals surface area contributed by atoms with E-state index in [0.29, 0.717) is 17.9 Å². The lowest BCUT2D eigenvalue weighted by atomic mass is 10.0. The van der Waals surface area contributed by atoms with Crippen molar-refractivity contribution in [2.24, 2.45) is 0 Å². The molecule has 1 N–H and O–H groups in total. The van der Waals surface area contributed by atoms with Crippen LogP contribution in [-0.2, 0) is 4.79 Å². The second-order valence-electron chi connectivity index (χ2n) is 3.69. The second-order valence-corrected chi connectivity index (χ2v) is 3.69. The smallest absolute Gasteiger partial charge is 0.165 e. The molecule has 0 aromatic heterocycles. The van der Waals surface area contributed by atoms with Gasteiger partial charge in [-0.05, 0) is 6.07 Å². The van der Waals surface area contributed by atoms with Crippen LogP contribution in [0.1, 0.15) is 18.0 Å².